The van der Waals surface area contributed by atoms with Crippen molar-refractivity contribution in [1.29, 1.82) is 0 Å². The largest absolute Gasteiger partial charge is 0.496 e. The zero-order valence-corrected chi connectivity index (χ0v) is 16.8. The molecule has 6 heteroatoms. The van der Waals surface area contributed by atoms with E-state index in [2.05, 4.69) is 15.9 Å². The van der Waals surface area contributed by atoms with E-state index < -0.39 is 0 Å². The van der Waals surface area contributed by atoms with Crippen LogP contribution < -0.4 is 4.74 Å². The predicted molar refractivity (Wildman–Crippen MR) is 108 cm³/mol. The van der Waals surface area contributed by atoms with E-state index in [4.69, 9.17) is 16.3 Å². The van der Waals surface area contributed by atoms with Crippen molar-refractivity contribution in [2.45, 2.75) is 5.37 Å². The number of benzene rings is 2. The van der Waals surface area contributed by atoms with Crippen LogP contribution in [0.2, 0.25) is 5.02 Å². The maximum atomic E-state index is 12.7. The van der Waals surface area contributed by atoms with Crippen molar-refractivity contribution in [3.05, 3.63) is 69.2 Å². The Bertz CT molecular complexity index is 795. The first-order valence-corrected chi connectivity index (χ1v) is 10.00. The van der Waals surface area contributed by atoms with Gasteiger partial charge in [-0.25, -0.2) is 0 Å². The van der Waals surface area contributed by atoms with E-state index in [1.807, 2.05) is 53.4 Å². The molecular formula is C19H17BrClNO2S. The molecule has 1 amide bonds. The molecular weight excluding hydrogens is 422 g/mol. The van der Waals surface area contributed by atoms with Crippen molar-refractivity contribution in [1.82, 2.24) is 4.90 Å². The average Bonchev–Trinajstić information content (AvgIpc) is 3.10. The van der Waals surface area contributed by atoms with Gasteiger partial charge in [0.1, 0.15) is 11.1 Å². The van der Waals surface area contributed by atoms with E-state index >= 15 is 0 Å². The molecule has 0 bridgehead atoms. The lowest BCUT2D eigenvalue weighted by atomic mass is 10.1. The lowest BCUT2D eigenvalue weighted by molar-refractivity contribution is -0.126. The lowest BCUT2D eigenvalue weighted by Gasteiger charge is -2.24. The van der Waals surface area contributed by atoms with Crippen LogP contribution in [0, 0.1) is 0 Å². The van der Waals surface area contributed by atoms with E-state index in [1.165, 1.54) is 0 Å². The fourth-order valence-corrected chi connectivity index (χ4v) is 4.47. The van der Waals surface area contributed by atoms with Gasteiger partial charge in [-0.3, -0.25) is 4.79 Å². The molecule has 1 atom stereocenters. The van der Waals surface area contributed by atoms with Crippen molar-refractivity contribution >= 4 is 51.3 Å². The first-order valence-electron chi connectivity index (χ1n) is 7.78. The van der Waals surface area contributed by atoms with Gasteiger partial charge in [-0.05, 0) is 42.0 Å². The highest BCUT2D eigenvalue weighted by Gasteiger charge is 2.31. The molecule has 0 saturated carbocycles. The Labute approximate surface area is 165 Å². The molecule has 0 N–H and O–H groups in total. The topological polar surface area (TPSA) is 29.5 Å². The van der Waals surface area contributed by atoms with Crippen molar-refractivity contribution < 1.29 is 9.53 Å². The summed E-state index contributed by atoms with van der Waals surface area (Å²) in [6.45, 7) is 0.717. The van der Waals surface area contributed by atoms with Crippen LogP contribution in [0.1, 0.15) is 16.5 Å². The number of carbonyl (C=O) groups is 1. The summed E-state index contributed by atoms with van der Waals surface area (Å²) < 4.78 is 6.45. The first kappa shape index (κ1) is 18.4. The predicted octanol–water partition coefficient (Wildman–Crippen LogP) is 5.40. The van der Waals surface area contributed by atoms with Crippen LogP contribution >= 0.6 is 39.3 Å². The molecule has 0 spiro atoms. The maximum absolute atomic E-state index is 12.7. The molecule has 1 saturated heterocycles. The van der Waals surface area contributed by atoms with Gasteiger partial charge < -0.3 is 9.64 Å². The van der Waals surface area contributed by atoms with Crippen LogP contribution in [0.25, 0.3) is 6.08 Å². The summed E-state index contributed by atoms with van der Waals surface area (Å²) in [4.78, 5) is 14.6. The summed E-state index contributed by atoms with van der Waals surface area (Å²) in [5.74, 6) is 1.69. The minimum absolute atomic E-state index is 0.00743. The second-order valence-corrected chi connectivity index (χ2v) is 8.07. The Morgan fingerprint density at radius 2 is 2.08 bits per heavy atom. The van der Waals surface area contributed by atoms with Gasteiger partial charge in [-0.1, -0.05) is 39.7 Å². The zero-order valence-electron chi connectivity index (χ0n) is 13.6. The highest BCUT2D eigenvalue weighted by Crippen LogP contribution is 2.42. The monoisotopic (exact) mass is 437 g/mol. The Hall–Kier alpha value is -1.43. The third kappa shape index (κ3) is 4.40. The van der Waals surface area contributed by atoms with E-state index in [-0.39, 0.29) is 11.3 Å². The summed E-state index contributed by atoms with van der Waals surface area (Å²) >= 11 is 11.1. The van der Waals surface area contributed by atoms with Gasteiger partial charge in [0.2, 0.25) is 5.91 Å². The molecule has 3 nitrogen and oxygen atoms in total. The highest BCUT2D eigenvalue weighted by atomic mass is 79.9. The molecule has 25 heavy (non-hydrogen) atoms. The van der Waals surface area contributed by atoms with E-state index in [9.17, 15) is 4.79 Å². The van der Waals surface area contributed by atoms with Crippen LogP contribution in [0.4, 0.5) is 0 Å². The summed E-state index contributed by atoms with van der Waals surface area (Å²) in [5.41, 5.74) is 1.95. The molecule has 0 aliphatic carbocycles. The number of nitrogens with zero attached hydrogens (tertiary/aromatic N) is 1. The third-order valence-electron chi connectivity index (χ3n) is 3.92. The number of carbonyl (C=O) groups excluding carboxylic acids is 1. The fraction of sp³-hybridized carbons (Fsp3) is 0.211. The molecule has 0 radical (unpaired) electrons. The molecule has 130 valence electrons. The summed E-state index contributed by atoms with van der Waals surface area (Å²) in [7, 11) is 1.65. The number of ether oxygens (including phenoxy) is 1. The Morgan fingerprint density at radius 3 is 2.80 bits per heavy atom. The zero-order chi connectivity index (χ0) is 17.8. The number of thioether (sulfide) groups is 1. The fourth-order valence-electron chi connectivity index (χ4n) is 2.69. The van der Waals surface area contributed by atoms with Crippen molar-refractivity contribution in [2.24, 2.45) is 0 Å². The summed E-state index contributed by atoms with van der Waals surface area (Å²) in [5, 5.41) is 0.635. The van der Waals surface area contributed by atoms with E-state index in [0.29, 0.717) is 5.02 Å². The van der Waals surface area contributed by atoms with Crippen LogP contribution in [-0.4, -0.2) is 30.2 Å². The molecule has 1 aliphatic rings. The normalized spacial score (nSPS) is 17.2. The molecule has 1 aliphatic heterocycles. The number of halogens is 2. The third-order valence-corrected chi connectivity index (χ3v) is 5.91. The second-order valence-electron chi connectivity index (χ2n) is 5.53. The van der Waals surface area contributed by atoms with Crippen molar-refractivity contribution in [2.75, 3.05) is 19.4 Å². The molecule has 2 aromatic rings. The van der Waals surface area contributed by atoms with Crippen molar-refractivity contribution in [3.63, 3.8) is 0 Å². The SMILES string of the molecule is COc1ccc(Br)cc1C1SCCN1C(=O)/C=C/c1ccc(Cl)cc1. The molecule has 1 heterocycles. The smallest absolute Gasteiger partial charge is 0.247 e. The summed E-state index contributed by atoms with van der Waals surface area (Å²) in [6, 6.07) is 13.3. The number of hydrogen-bond donors (Lipinski definition) is 0. The van der Waals surface area contributed by atoms with Crippen LogP contribution in [-0.2, 0) is 4.79 Å². The Morgan fingerprint density at radius 1 is 1.32 bits per heavy atom. The quantitative estimate of drug-likeness (QED) is 0.599. The highest BCUT2D eigenvalue weighted by molar-refractivity contribution is 9.10. The lowest BCUT2D eigenvalue weighted by Crippen LogP contribution is -2.28. The van der Waals surface area contributed by atoms with Crippen LogP contribution in [0.3, 0.4) is 0 Å². The molecule has 1 fully saturated rings. The maximum Gasteiger partial charge on any atom is 0.247 e. The molecule has 3 rings (SSSR count). The van der Waals surface area contributed by atoms with Gasteiger partial charge in [-0.2, -0.15) is 0 Å². The average molecular weight is 439 g/mol. The minimum Gasteiger partial charge on any atom is -0.496 e. The van der Waals surface area contributed by atoms with Gasteiger partial charge in [0, 0.05) is 33.4 Å². The number of rotatable bonds is 4. The minimum atomic E-state index is -0.0465. The van der Waals surface area contributed by atoms with Gasteiger partial charge >= 0.3 is 0 Å². The summed E-state index contributed by atoms with van der Waals surface area (Å²) in [6.07, 6.45) is 3.43. The molecule has 1 unspecified atom stereocenters. The molecule has 0 aromatic heterocycles. The van der Waals surface area contributed by atoms with Gasteiger partial charge in [-0.15, -0.1) is 11.8 Å². The van der Waals surface area contributed by atoms with Gasteiger partial charge in [0.15, 0.2) is 0 Å². The Balaban J connectivity index is 1.80. The second kappa shape index (κ2) is 8.30. The number of hydrogen-bond acceptors (Lipinski definition) is 3. The first-order chi connectivity index (χ1) is 12.1. The van der Waals surface area contributed by atoms with Crippen molar-refractivity contribution in [3.8, 4) is 5.75 Å². The van der Waals surface area contributed by atoms with Crippen LogP contribution in [0.5, 0.6) is 5.75 Å². The Kier molecular flexibility index (Phi) is 6.10. The number of methoxy groups -OCH3 is 1. The van der Waals surface area contributed by atoms with Crippen LogP contribution in [0.15, 0.2) is 53.0 Å². The van der Waals surface area contributed by atoms with E-state index in [1.54, 1.807) is 24.9 Å². The number of amides is 1. The van der Waals surface area contributed by atoms with Gasteiger partial charge in [0.05, 0.1) is 7.11 Å². The van der Waals surface area contributed by atoms with Gasteiger partial charge in [0.25, 0.3) is 0 Å². The standard InChI is InChI=1S/C19H17BrClNO2S/c1-24-17-8-5-14(20)12-16(17)19-22(10-11-25-19)18(23)9-4-13-2-6-15(21)7-3-13/h2-9,12,19H,10-11H2,1H3/b9-4+. The van der Waals surface area contributed by atoms with E-state index in [0.717, 1.165) is 33.6 Å². The molecule has 2 aromatic carbocycles.